The maximum Gasteiger partial charge on any atom is 0.328 e. The van der Waals surface area contributed by atoms with E-state index in [1.54, 1.807) is 6.08 Å². The van der Waals surface area contributed by atoms with Gasteiger partial charge in [-0.15, -0.1) is 0 Å². The van der Waals surface area contributed by atoms with Gasteiger partial charge >= 0.3 is 5.97 Å². The van der Waals surface area contributed by atoms with Crippen molar-refractivity contribution in [3.05, 3.63) is 35.9 Å². The van der Waals surface area contributed by atoms with E-state index in [0.29, 0.717) is 0 Å². The topological polar surface area (TPSA) is 46.5 Å². The molecule has 0 saturated carbocycles. The first-order chi connectivity index (χ1) is 14.2. The van der Waals surface area contributed by atoms with Gasteiger partial charge in [0, 0.05) is 6.08 Å². The number of carboxylic acids is 1. The molecule has 1 atom stereocenters. The Bertz CT molecular complexity index is 548. The van der Waals surface area contributed by atoms with Gasteiger partial charge in [-0.2, -0.15) is 0 Å². The van der Waals surface area contributed by atoms with Crippen LogP contribution in [0, 0.1) is 5.92 Å². The van der Waals surface area contributed by atoms with Crippen LogP contribution >= 0.6 is 0 Å². The third-order valence-corrected chi connectivity index (χ3v) is 5.53. The first kappa shape index (κ1) is 25.3. The highest BCUT2D eigenvalue weighted by Gasteiger charge is 2.09. The Morgan fingerprint density at radius 2 is 1.41 bits per heavy atom. The zero-order valence-electron chi connectivity index (χ0n) is 18.7. The largest absolute Gasteiger partial charge is 0.494 e. The van der Waals surface area contributed by atoms with Gasteiger partial charge in [-0.1, -0.05) is 103 Å². The molecule has 1 unspecified atom stereocenters. The fraction of sp³-hybridized carbons (Fsp3) is 0.654. The molecule has 164 valence electrons. The summed E-state index contributed by atoms with van der Waals surface area (Å²) < 4.78 is 5.96. The lowest BCUT2D eigenvalue weighted by atomic mass is 9.92. The Labute approximate surface area is 178 Å². The minimum Gasteiger partial charge on any atom is -0.494 e. The summed E-state index contributed by atoms with van der Waals surface area (Å²) in [6.45, 7) is 5.30. The number of carbonyl (C=O) groups is 1. The minimum atomic E-state index is -0.930. The molecule has 1 aromatic carbocycles. The third kappa shape index (κ3) is 13.9. The lowest BCUT2D eigenvalue weighted by molar-refractivity contribution is -0.131. The normalized spacial score (nSPS) is 12.3. The van der Waals surface area contributed by atoms with Gasteiger partial charge in [-0.3, -0.25) is 0 Å². The van der Waals surface area contributed by atoms with Gasteiger partial charge < -0.3 is 9.84 Å². The van der Waals surface area contributed by atoms with Gasteiger partial charge in [0.15, 0.2) is 0 Å². The third-order valence-electron chi connectivity index (χ3n) is 5.53. The number of aliphatic carboxylic acids is 1. The minimum absolute atomic E-state index is 0.762. The molecule has 3 nitrogen and oxygen atoms in total. The SMILES string of the molecule is CCCCCCCCC(CCCCCC)CCOc1ccc(C=CC(=O)O)cc1. The van der Waals surface area contributed by atoms with Crippen LogP contribution in [0.25, 0.3) is 6.08 Å². The second kappa shape index (κ2) is 17.1. The van der Waals surface area contributed by atoms with Crippen LogP contribution in [0.1, 0.15) is 103 Å². The van der Waals surface area contributed by atoms with E-state index in [9.17, 15) is 4.79 Å². The maximum absolute atomic E-state index is 10.6. The smallest absolute Gasteiger partial charge is 0.328 e. The monoisotopic (exact) mass is 402 g/mol. The molecule has 0 heterocycles. The van der Waals surface area contributed by atoms with Crippen molar-refractivity contribution in [1.82, 2.24) is 0 Å². The molecule has 0 aliphatic heterocycles. The molecule has 3 heteroatoms. The molecule has 0 aliphatic rings. The van der Waals surface area contributed by atoms with E-state index in [4.69, 9.17) is 9.84 Å². The lowest BCUT2D eigenvalue weighted by Crippen LogP contribution is -2.08. The molecule has 0 aliphatic carbocycles. The molecule has 0 spiro atoms. The van der Waals surface area contributed by atoms with Gasteiger partial charge in [-0.05, 0) is 36.1 Å². The zero-order valence-corrected chi connectivity index (χ0v) is 18.7. The number of benzene rings is 1. The highest BCUT2D eigenvalue weighted by Crippen LogP contribution is 2.23. The average molecular weight is 403 g/mol. The van der Waals surface area contributed by atoms with Crippen molar-refractivity contribution in [2.45, 2.75) is 97.3 Å². The summed E-state index contributed by atoms with van der Waals surface area (Å²) in [6.07, 6.45) is 20.1. The zero-order chi connectivity index (χ0) is 21.2. The molecule has 0 fully saturated rings. The Balaban J connectivity index is 2.35. The van der Waals surface area contributed by atoms with Crippen LogP contribution in [-0.2, 0) is 4.79 Å². The van der Waals surface area contributed by atoms with Crippen LogP contribution in [0.4, 0.5) is 0 Å². The van der Waals surface area contributed by atoms with E-state index in [2.05, 4.69) is 13.8 Å². The van der Waals surface area contributed by atoms with Gasteiger partial charge in [0.25, 0.3) is 0 Å². The van der Waals surface area contributed by atoms with Gasteiger partial charge in [-0.25, -0.2) is 4.79 Å². The van der Waals surface area contributed by atoms with Gasteiger partial charge in [0.05, 0.1) is 6.61 Å². The fourth-order valence-corrected chi connectivity index (χ4v) is 3.69. The number of hydrogen-bond acceptors (Lipinski definition) is 2. The highest BCUT2D eigenvalue weighted by molar-refractivity contribution is 5.85. The van der Waals surface area contributed by atoms with Crippen molar-refractivity contribution in [1.29, 1.82) is 0 Å². The maximum atomic E-state index is 10.6. The predicted octanol–water partition coefficient (Wildman–Crippen LogP) is 7.89. The number of unbranched alkanes of at least 4 members (excludes halogenated alkanes) is 8. The summed E-state index contributed by atoms with van der Waals surface area (Å²) >= 11 is 0. The van der Waals surface area contributed by atoms with Crippen molar-refractivity contribution in [3.8, 4) is 5.75 Å². The van der Waals surface area contributed by atoms with E-state index in [-0.39, 0.29) is 0 Å². The highest BCUT2D eigenvalue weighted by atomic mass is 16.5. The molecule has 0 radical (unpaired) electrons. The summed E-state index contributed by atoms with van der Waals surface area (Å²) in [5, 5.41) is 8.69. The van der Waals surface area contributed by atoms with E-state index in [1.165, 1.54) is 77.0 Å². The Kier molecular flexibility index (Phi) is 14.9. The molecule has 0 saturated heterocycles. The molecular weight excluding hydrogens is 360 g/mol. The second-order valence-electron chi connectivity index (χ2n) is 8.15. The molecule has 0 aromatic heterocycles. The average Bonchev–Trinajstić information content (AvgIpc) is 2.72. The van der Waals surface area contributed by atoms with Crippen molar-refractivity contribution in [3.63, 3.8) is 0 Å². The van der Waals surface area contributed by atoms with E-state index < -0.39 is 5.97 Å². The molecule has 1 N–H and O–H groups in total. The molecule has 1 aromatic rings. The van der Waals surface area contributed by atoms with Crippen LogP contribution in [-0.4, -0.2) is 17.7 Å². The van der Waals surface area contributed by atoms with Crippen LogP contribution < -0.4 is 4.74 Å². The quantitative estimate of drug-likeness (QED) is 0.200. The summed E-state index contributed by atoms with van der Waals surface area (Å²) in [7, 11) is 0. The van der Waals surface area contributed by atoms with Crippen molar-refractivity contribution >= 4 is 12.0 Å². The van der Waals surface area contributed by atoms with Crippen LogP contribution in [0.2, 0.25) is 0 Å². The fourth-order valence-electron chi connectivity index (χ4n) is 3.69. The lowest BCUT2D eigenvalue weighted by Gasteiger charge is -2.17. The number of hydrogen-bond donors (Lipinski definition) is 1. The van der Waals surface area contributed by atoms with Crippen LogP contribution in [0.3, 0.4) is 0 Å². The van der Waals surface area contributed by atoms with Crippen LogP contribution in [0.15, 0.2) is 30.3 Å². The molecule has 0 bridgehead atoms. The molecule has 29 heavy (non-hydrogen) atoms. The number of rotatable bonds is 18. The molecule has 1 rings (SSSR count). The summed E-state index contributed by atoms with van der Waals surface area (Å²) in [5.41, 5.74) is 0.872. The number of carboxylic acid groups (broad SMARTS) is 1. The van der Waals surface area contributed by atoms with E-state index in [1.807, 2.05) is 24.3 Å². The van der Waals surface area contributed by atoms with Crippen LogP contribution in [0.5, 0.6) is 5.75 Å². The van der Waals surface area contributed by atoms with Crippen molar-refractivity contribution in [2.75, 3.05) is 6.61 Å². The summed E-state index contributed by atoms with van der Waals surface area (Å²) in [6, 6.07) is 7.64. The van der Waals surface area contributed by atoms with E-state index >= 15 is 0 Å². The standard InChI is InChI=1S/C26H42O3/c1-3-5-7-9-10-12-14-23(13-11-8-6-4-2)21-22-29-25-18-15-24(16-19-25)17-20-26(27)28/h15-20,23H,3-14,21-22H2,1-2H3,(H,27,28). The predicted molar refractivity (Wildman–Crippen MR) is 123 cm³/mol. The first-order valence-corrected chi connectivity index (χ1v) is 11.8. The number of ether oxygens (including phenoxy) is 1. The summed E-state index contributed by atoms with van der Waals surface area (Å²) in [5.74, 6) is 0.707. The van der Waals surface area contributed by atoms with Crippen molar-refractivity contribution < 1.29 is 14.6 Å². The Hall–Kier alpha value is -1.77. The molecule has 0 amide bonds. The molecular formula is C26H42O3. The Morgan fingerprint density at radius 1 is 0.862 bits per heavy atom. The second-order valence-corrected chi connectivity index (χ2v) is 8.15. The Morgan fingerprint density at radius 3 is 2.00 bits per heavy atom. The van der Waals surface area contributed by atoms with E-state index in [0.717, 1.165) is 36.3 Å². The summed E-state index contributed by atoms with van der Waals surface area (Å²) in [4.78, 5) is 10.6. The van der Waals surface area contributed by atoms with Gasteiger partial charge in [0.2, 0.25) is 0 Å². The first-order valence-electron chi connectivity index (χ1n) is 11.8. The van der Waals surface area contributed by atoms with Gasteiger partial charge in [0.1, 0.15) is 5.75 Å². The van der Waals surface area contributed by atoms with Crippen molar-refractivity contribution in [2.24, 2.45) is 5.92 Å².